The van der Waals surface area contributed by atoms with Gasteiger partial charge in [-0.15, -0.1) is 0 Å². The number of carbonyl (C=O) groups is 2. The van der Waals surface area contributed by atoms with Gasteiger partial charge in [-0.2, -0.15) is 5.26 Å². The van der Waals surface area contributed by atoms with E-state index in [0.29, 0.717) is 42.8 Å². The zero-order chi connectivity index (χ0) is 24.0. The number of aliphatic hydroxyl groups excluding tert-OH is 1. The lowest BCUT2D eigenvalue weighted by molar-refractivity contribution is -0.135. The minimum Gasteiger partial charge on any atom is -0.491 e. The van der Waals surface area contributed by atoms with E-state index in [-0.39, 0.29) is 19.1 Å². The smallest absolute Gasteiger partial charge is 0.408 e. The molecule has 9 heteroatoms. The topological polar surface area (TPSA) is 115 Å². The summed E-state index contributed by atoms with van der Waals surface area (Å²) < 4.78 is 10.8. The second-order valence-corrected chi connectivity index (χ2v) is 9.94. The Morgan fingerprint density at radius 2 is 1.82 bits per heavy atom. The third-order valence-electron chi connectivity index (χ3n) is 5.69. The third-order valence-corrected chi connectivity index (χ3v) is 5.69. The molecule has 1 aromatic rings. The summed E-state index contributed by atoms with van der Waals surface area (Å²) in [7, 11) is 0. The van der Waals surface area contributed by atoms with Crippen LogP contribution >= 0.6 is 0 Å². The number of fused-ring (bicyclic) bond motifs is 2. The van der Waals surface area contributed by atoms with Gasteiger partial charge < -0.3 is 24.8 Å². The number of benzene rings is 1. The first kappa shape index (κ1) is 24.8. The molecule has 2 heterocycles. The van der Waals surface area contributed by atoms with Gasteiger partial charge >= 0.3 is 6.09 Å². The van der Waals surface area contributed by atoms with E-state index in [1.807, 2.05) is 4.90 Å². The molecule has 33 heavy (non-hydrogen) atoms. The fourth-order valence-electron chi connectivity index (χ4n) is 4.48. The lowest BCUT2D eigenvalue weighted by Gasteiger charge is -2.46. The fourth-order valence-corrected chi connectivity index (χ4v) is 4.48. The molecule has 2 amide bonds. The summed E-state index contributed by atoms with van der Waals surface area (Å²) in [5, 5.41) is 21.8. The van der Waals surface area contributed by atoms with Gasteiger partial charge in [0, 0.05) is 32.7 Å². The van der Waals surface area contributed by atoms with Gasteiger partial charge in [0.1, 0.15) is 30.6 Å². The number of hydrogen-bond donors (Lipinski definition) is 2. The van der Waals surface area contributed by atoms with Crippen molar-refractivity contribution in [3.63, 3.8) is 0 Å². The summed E-state index contributed by atoms with van der Waals surface area (Å²) in [5.41, 5.74) is -0.0352. The Bertz CT molecular complexity index is 847. The van der Waals surface area contributed by atoms with Crippen molar-refractivity contribution in [1.82, 2.24) is 15.1 Å². The van der Waals surface area contributed by atoms with Crippen LogP contribution in [0.1, 0.15) is 32.8 Å². The maximum absolute atomic E-state index is 12.6. The zero-order valence-electron chi connectivity index (χ0n) is 19.6. The molecule has 180 valence electrons. The molecule has 0 saturated carbocycles. The maximum atomic E-state index is 12.6. The number of hydrogen-bond acceptors (Lipinski definition) is 7. The van der Waals surface area contributed by atoms with Crippen LogP contribution in [0.25, 0.3) is 0 Å². The van der Waals surface area contributed by atoms with Crippen molar-refractivity contribution in [2.24, 2.45) is 11.8 Å². The van der Waals surface area contributed by atoms with E-state index >= 15 is 0 Å². The van der Waals surface area contributed by atoms with Gasteiger partial charge in [0.2, 0.25) is 5.91 Å². The lowest BCUT2D eigenvalue weighted by Crippen LogP contribution is -2.56. The number of alkyl carbamates (subject to hydrolysis) is 1. The van der Waals surface area contributed by atoms with Crippen molar-refractivity contribution < 1.29 is 24.2 Å². The Morgan fingerprint density at radius 3 is 2.39 bits per heavy atom. The number of nitrogens with one attached hydrogen (secondary N) is 1. The van der Waals surface area contributed by atoms with E-state index in [4.69, 9.17) is 14.7 Å². The summed E-state index contributed by atoms with van der Waals surface area (Å²) in [6.07, 6.45) is -0.149. The first-order chi connectivity index (χ1) is 15.6. The van der Waals surface area contributed by atoms with Crippen LogP contribution in [0.2, 0.25) is 0 Å². The molecule has 2 N–H and O–H groups in total. The van der Waals surface area contributed by atoms with Crippen LogP contribution in [0, 0.1) is 23.2 Å². The van der Waals surface area contributed by atoms with Gasteiger partial charge in [-0.25, -0.2) is 4.79 Å². The Hall–Kier alpha value is -2.83. The normalized spacial score (nSPS) is 21.6. The molecular formula is C24H34N4O5. The van der Waals surface area contributed by atoms with Crippen LogP contribution in [0.3, 0.4) is 0 Å². The van der Waals surface area contributed by atoms with E-state index in [1.54, 1.807) is 45.0 Å². The molecule has 9 nitrogen and oxygen atoms in total. The van der Waals surface area contributed by atoms with Gasteiger partial charge in [-0.05, 0) is 63.3 Å². The molecule has 1 aromatic carbocycles. The standard InChI is InChI=1S/C24H34N4O5/c1-24(2,3)33-23(31)26-10-22(30)28-13-18-8-19(14-28)12-27(11-18)15-20(29)16-32-21-6-4-17(9-25)5-7-21/h4-7,18-20,29H,8,10-16H2,1-3H3,(H,26,31). The van der Waals surface area contributed by atoms with E-state index in [9.17, 15) is 14.7 Å². The Balaban J connectivity index is 1.40. The number of nitrogens with zero attached hydrogens (tertiary/aromatic N) is 3. The number of carbonyl (C=O) groups excluding carboxylic acids is 2. The summed E-state index contributed by atoms with van der Waals surface area (Å²) in [4.78, 5) is 28.5. The van der Waals surface area contributed by atoms with Crippen molar-refractivity contribution in [1.29, 1.82) is 5.26 Å². The van der Waals surface area contributed by atoms with E-state index in [2.05, 4.69) is 16.3 Å². The highest BCUT2D eigenvalue weighted by atomic mass is 16.6. The number of piperidine rings is 2. The quantitative estimate of drug-likeness (QED) is 0.638. The highest BCUT2D eigenvalue weighted by molar-refractivity contribution is 5.82. The van der Waals surface area contributed by atoms with Crippen molar-refractivity contribution in [3.05, 3.63) is 29.8 Å². The van der Waals surface area contributed by atoms with Crippen LogP contribution in [-0.2, 0) is 9.53 Å². The second-order valence-electron chi connectivity index (χ2n) is 9.94. The molecule has 2 aliphatic heterocycles. The second kappa shape index (κ2) is 10.9. The Morgan fingerprint density at radius 1 is 1.18 bits per heavy atom. The van der Waals surface area contributed by atoms with Gasteiger partial charge in [0.25, 0.3) is 0 Å². The highest BCUT2D eigenvalue weighted by Crippen LogP contribution is 2.28. The van der Waals surface area contributed by atoms with Crippen molar-refractivity contribution in [2.75, 3.05) is 45.9 Å². The summed E-state index contributed by atoms with van der Waals surface area (Å²) in [6.45, 7) is 8.90. The predicted octanol–water partition coefficient (Wildman–Crippen LogP) is 1.60. The Labute approximate surface area is 195 Å². The van der Waals surface area contributed by atoms with Crippen LogP contribution in [0.15, 0.2) is 24.3 Å². The average molecular weight is 459 g/mol. The number of likely N-dealkylation sites (tertiary alicyclic amines) is 2. The van der Waals surface area contributed by atoms with Crippen LogP contribution in [0.5, 0.6) is 5.75 Å². The maximum Gasteiger partial charge on any atom is 0.408 e. The molecule has 0 radical (unpaired) electrons. The van der Waals surface area contributed by atoms with Crippen LogP contribution < -0.4 is 10.1 Å². The first-order valence-electron chi connectivity index (χ1n) is 11.4. The fraction of sp³-hybridized carbons (Fsp3) is 0.625. The molecule has 2 aliphatic rings. The SMILES string of the molecule is CC(C)(C)OC(=O)NCC(=O)N1CC2CC(CN(CC(O)COc3ccc(C#N)cc3)C2)C1. The van der Waals surface area contributed by atoms with Crippen LogP contribution in [-0.4, -0.2) is 84.5 Å². The summed E-state index contributed by atoms with van der Waals surface area (Å²) in [5.74, 6) is 1.21. The first-order valence-corrected chi connectivity index (χ1v) is 11.4. The number of nitriles is 1. The van der Waals surface area contributed by atoms with Gasteiger partial charge in [0.05, 0.1) is 11.6 Å². The molecule has 0 spiro atoms. The molecule has 2 bridgehead atoms. The number of ether oxygens (including phenoxy) is 2. The number of aliphatic hydroxyl groups is 1. The van der Waals surface area contributed by atoms with E-state index in [0.717, 1.165) is 19.5 Å². The minimum absolute atomic E-state index is 0.0660. The Kier molecular flexibility index (Phi) is 8.16. The summed E-state index contributed by atoms with van der Waals surface area (Å²) >= 11 is 0. The predicted molar refractivity (Wildman–Crippen MR) is 122 cm³/mol. The molecule has 2 saturated heterocycles. The average Bonchev–Trinajstić information content (AvgIpc) is 2.74. The minimum atomic E-state index is -0.629. The highest BCUT2D eigenvalue weighted by Gasteiger charge is 2.36. The van der Waals surface area contributed by atoms with E-state index in [1.165, 1.54) is 0 Å². The van der Waals surface area contributed by atoms with Crippen LogP contribution in [0.4, 0.5) is 4.79 Å². The molecule has 3 unspecified atom stereocenters. The molecule has 0 aliphatic carbocycles. The number of amides is 2. The zero-order valence-corrected chi connectivity index (χ0v) is 19.6. The number of β-amino-alcohol motifs (C(OH)–C–C–N with tert-alkyl or cyclic N) is 1. The molecular weight excluding hydrogens is 424 g/mol. The molecule has 3 rings (SSSR count). The number of rotatable bonds is 7. The third kappa shape index (κ3) is 7.91. The van der Waals surface area contributed by atoms with E-state index < -0.39 is 17.8 Å². The monoisotopic (exact) mass is 458 g/mol. The lowest BCUT2D eigenvalue weighted by atomic mass is 9.84. The van der Waals surface area contributed by atoms with Gasteiger partial charge in [-0.3, -0.25) is 9.69 Å². The summed E-state index contributed by atoms with van der Waals surface area (Å²) in [6, 6.07) is 8.87. The van der Waals surface area contributed by atoms with Crippen molar-refractivity contribution in [2.45, 2.75) is 38.9 Å². The van der Waals surface area contributed by atoms with Gasteiger partial charge in [0.15, 0.2) is 0 Å². The molecule has 0 aromatic heterocycles. The largest absolute Gasteiger partial charge is 0.491 e. The van der Waals surface area contributed by atoms with Gasteiger partial charge in [-0.1, -0.05) is 0 Å². The van der Waals surface area contributed by atoms with Crippen molar-refractivity contribution in [3.8, 4) is 11.8 Å². The molecule has 2 fully saturated rings. The molecule has 3 atom stereocenters. The van der Waals surface area contributed by atoms with Crippen molar-refractivity contribution >= 4 is 12.0 Å².